The minimum atomic E-state index is -0.149. The molecule has 2 aromatic heterocycles. The van der Waals surface area contributed by atoms with Crippen LogP contribution >= 0.6 is 11.3 Å². The third kappa shape index (κ3) is 2.73. The van der Waals surface area contributed by atoms with Gasteiger partial charge in [-0.15, -0.1) is 11.3 Å². The number of hydrogen-bond acceptors (Lipinski definition) is 4. The van der Waals surface area contributed by atoms with Gasteiger partial charge in [-0.1, -0.05) is 42.5 Å². The van der Waals surface area contributed by atoms with Crippen LogP contribution in [0.2, 0.25) is 0 Å². The van der Waals surface area contributed by atoms with E-state index in [0.29, 0.717) is 10.9 Å². The molecule has 0 saturated carbocycles. The first-order chi connectivity index (χ1) is 12.3. The maximum absolute atomic E-state index is 12.9. The fraction of sp³-hybridized carbons (Fsp3) is 0.0500. The minimum absolute atomic E-state index is 0.149. The highest BCUT2D eigenvalue weighted by atomic mass is 32.1. The van der Waals surface area contributed by atoms with Gasteiger partial charge in [0.05, 0.1) is 28.4 Å². The fourth-order valence-corrected chi connectivity index (χ4v) is 3.59. The standard InChI is InChI=1S/C20H13N3OS/c21-12-14-6-1-2-7-15(14)13-23-20(24)17-9-4-3-8-16(17)19(22-23)18-10-5-11-25-18/h1-11H,13H2. The van der Waals surface area contributed by atoms with Gasteiger partial charge in [-0.2, -0.15) is 10.4 Å². The van der Waals surface area contributed by atoms with Crippen LogP contribution in [0.5, 0.6) is 0 Å². The average molecular weight is 343 g/mol. The number of hydrogen-bond donors (Lipinski definition) is 0. The molecule has 25 heavy (non-hydrogen) atoms. The van der Waals surface area contributed by atoms with Crippen LogP contribution in [-0.4, -0.2) is 9.78 Å². The summed E-state index contributed by atoms with van der Waals surface area (Å²) >= 11 is 1.59. The monoisotopic (exact) mass is 343 g/mol. The third-order valence-electron chi connectivity index (χ3n) is 4.08. The van der Waals surface area contributed by atoms with Gasteiger partial charge in [0.25, 0.3) is 5.56 Å². The first kappa shape index (κ1) is 15.3. The molecule has 2 heterocycles. The van der Waals surface area contributed by atoms with Crippen molar-refractivity contribution in [2.75, 3.05) is 0 Å². The Bertz CT molecular complexity index is 1150. The van der Waals surface area contributed by atoms with Crippen LogP contribution in [0.15, 0.2) is 70.8 Å². The molecule has 0 bridgehead atoms. The molecule has 0 amide bonds. The number of nitrogens with zero attached hydrogens (tertiary/aromatic N) is 3. The summed E-state index contributed by atoms with van der Waals surface area (Å²) in [5.74, 6) is 0. The maximum Gasteiger partial charge on any atom is 0.274 e. The number of nitriles is 1. The Morgan fingerprint density at radius 1 is 1.00 bits per heavy atom. The number of benzene rings is 2. The molecule has 0 saturated heterocycles. The second-order valence-corrected chi connectivity index (χ2v) is 6.55. The maximum atomic E-state index is 12.9. The molecule has 0 atom stereocenters. The molecule has 0 radical (unpaired) electrons. The summed E-state index contributed by atoms with van der Waals surface area (Å²) in [6.45, 7) is 0.270. The predicted molar refractivity (Wildman–Crippen MR) is 99.6 cm³/mol. The predicted octanol–water partition coefficient (Wildman–Crippen LogP) is 4.04. The van der Waals surface area contributed by atoms with Crippen LogP contribution in [-0.2, 0) is 6.54 Å². The summed E-state index contributed by atoms with van der Waals surface area (Å²) < 4.78 is 1.45. The van der Waals surface area contributed by atoms with Crippen LogP contribution in [0, 0.1) is 11.3 Å². The van der Waals surface area contributed by atoms with Gasteiger partial charge >= 0.3 is 0 Å². The molecule has 4 aromatic rings. The lowest BCUT2D eigenvalue weighted by Gasteiger charge is -2.11. The highest BCUT2D eigenvalue weighted by Crippen LogP contribution is 2.28. The van der Waals surface area contributed by atoms with Crippen molar-refractivity contribution in [1.29, 1.82) is 5.26 Å². The van der Waals surface area contributed by atoms with Crippen LogP contribution in [0.1, 0.15) is 11.1 Å². The molecule has 0 aliphatic carbocycles. The molecule has 5 heteroatoms. The van der Waals surface area contributed by atoms with Crippen molar-refractivity contribution >= 4 is 22.1 Å². The van der Waals surface area contributed by atoms with Gasteiger partial charge in [-0.05, 0) is 29.1 Å². The van der Waals surface area contributed by atoms with Crippen molar-refractivity contribution in [2.24, 2.45) is 0 Å². The van der Waals surface area contributed by atoms with Crippen LogP contribution in [0.4, 0.5) is 0 Å². The normalized spacial score (nSPS) is 10.7. The summed E-state index contributed by atoms with van der Waals surface area (Å²) in [6.07, 6.45) is 0. The van der Waals surface area contributed by atoms with E-state index in [2.05, 4.69) is 11.2 Å². The largest absolute Gasteiger partial charge is 0.274 e. The Morgan fingerprint density at radius 3 is 2.52 bits per heavy atom. The summed E-state index contributed by atoms with van der Waals surface area (Å²) in [5.41, 5.74) is 1.98. The lowest BCUT2D eigenvalue weighted by atomic mass is 10.1. The molecule has 0 fully saturated rings. The summed E-state index contributed by atoms with van der Waals surface area (Å²) in [4.78, 5) is 13.9. The van der Waals surface area contributed by atoms with E-state index in [1.54, 1.807) is 17.4 Å². The second-order valence-electron chi connectivity index (χ2n) is 5.60. The Morgan fingerprint density at radius 2 is 1.76 bits per heavy atom. The number of rotatable bonds is 3. The van der Waals surface area contributed by atoms with E-state index in [-0.39, 0.29) is 12.1 Å². The van der Waals surface area contributed by atoms with Gasteiger partial charge in [0.1, 0.15) is 5.69 Å². The molecule has 0 spiro atoms. The Kier molecular flexibility index (Phi) is 3.88. The quantitative estimate of drug-likeness (QED) is 0.564. The van der Waals surface area contributed by atoms with E-state index in [1.807, 2.05) is 60.0 Å². The van der Waals surface area contributed by atoms with E-state index in [0.717, 1.165) is 21.5 Å². The van der Waals surface area contributed by atoms with Gasteiger partial charge in [0, 0.05) is 5.39 Å². The molecule has 4 nitrogen and oxygen atoms in total. The molecule has 0 aliphatic rings. The van der Waals surface area contributed by atoms with E-state index >= 15 is 0 Å². The lowest BCUT2D eigenvalue weighted by Crippen LogP contribution is -2.24. The first-order valence-corrected chi connectivity index (χ1v) is 8.67. The highest BCUT2D eigenvalue weighted by molar-refractivity contribution is 7.13. The van der Waals surface area contributed by atoms with Crippen molar-refractivity contribution in [3.8, 4) is 16.6 Å². The molecule has 0 N–H and O–H groups in total. The highest BCUT2D eigenvalue weighted by Gasteiger charge is 2.13. The third-order valence-corrected chi connectivity index (χ3v) is 4.96. The summed E-state index contributed by atoms with van der Waals surface area (Å²) in [7, 11) is 0. The Hall–Kier alpha value is -3.23. The fourth-order valence-electron chi connectivity index (χ4n) is 2.87. The van der Waals surface area contributed by atoms with Gasteiger partial charge < -0.3 is 0 Å². The number of fused-ring (bicyclic) bond motifs is 1. The van der Waals surface area contributed by atoms with Crippen LogP contribution in [0.25, 0.3) is 21.3 Å². The zero-order chi connectivity index (χ0) is 17.2. The molecule has 120 valence electrons. The average Bonchev–Trinajstić information content (AvgIpc) is 3.19. The van der Waals surface area contributed by atoms with E-state index in [4.69, 9.17) is 0 Å². The molecule has 0 aliphatic heterocycles. The Balaban J connectivity index is 1.95. The molecular formula is C20H13N3OS. The van der Waals surface area contributed by atoms with E-state index < -0.39 is 0 Å². The number of aromatic nitrogens is 2. The first-order valence-electron chi connectivity index (χ1n) is 7.79. The molecule has 0 unspecified atom stereocenters. The van der Waals surface area contributed by atoms with E-state index in [1.165, 1.54) is 4.68 Å². The zero-order valence-electron chi connectivity index (χ0n) is 13.2. The van der Waals surface area contributed by atoms with Crippen LogP contribution < -0.4 is 5.56 Å². The summed E-state index contributed by atoms with van der Waals surface area (Å²) in [6, 6.07) is 20.9. The Labute approximate surface area is 148 Å². The second kappa shape index (κ2) is 6.34. The minimum Gasteiger partial charge on any atom is -0.267 e. The van der Waals surface area contributed by atoms with Crippen molar-refractivity contribution in [1.82, 2.24) is 9.78 Å². The summed E-state index contributed by atoms with van der Waals surface area (Å²) in [5, 5.41) is 17.4. The molecule has 4 rings (SSSR count). The number of thiophene rings is 1. The van der Waals surface area contributed by atoms with Gasteiger partial charge in [0.2, 0.25) is 0 Å². The topological polar surface area (TPSA) is 58.7 Å². The van der Waals surface area contributed by atoms with Crippen LogP contribution in [0.3, 0.4) is 0 Å². The lowest BCUT2D eigenvalue weighted by molar-refractivity contribution is 0.650. The van der Waals surface area contributed by atoms with Gasteiger partial charge in [-0.25, -0.2) is 4.68 Å². The van der Waals surface area contributed by atoms with Crippen molar-refractivity contribution < 1.29 is 0 Å². The molecular weight excluding hydrogens is 330 g/mol. The van der Waals surface area contributed by atoms with Crippen molar-refractivity contribution in [2.45, 2.75) is 6.54 Å². The van der Waals surface area contributed by atoms with Crippen molar-refractivity contribution in [3.63, 3.8) is 0 Å². The van der Waals surface area contributed by atoms with Gasteiger partial charge in [-0.3, -0.25) is 4.79 Å². The smallest absolute Gasteiger partial charge is 0.267 e. The SMILES string of the molecule is N#Cc1ccccc1Cn1nc(-c2cccs2)c2ccccc2c1=O. The van der Waals surface area contributed by atoms with Crippen molar-refractivity contribution in [3.05, 3.63) is 87.5 Å². The molecule has 2 aromatic carbocycles. The zero-order valence-corrected chi connectivity index (χ0v) is 14.0. The van der Waals surface area contributed by atoms with Gasteiger partial charge in [0.15, 0.2) is 0 Å². The van der Waals surface area contributed by atoms with E-state index in [9.17, 15) is 10.1 Å².